The molecule has 134 valence electrons. The van der Waals surface area contributed by atoms with Crippen molar-refractivity contribution in [3.63, 3.8) is 0 Å². The number of benzene rings is 1. The Morgan fingerprint density at radius 1 is 0.958 bits per heavy atom. The average molecular weight is 332 g/mol. The van der Waals surface area contributed by atoms with Crippen molar-refractivity contribution in [2.75, 3.05) is 24.5 Å². The molecule has 0 bridgehead atoms. The van der Waals surface area contributed by atoms with Gasteiger partial charge in [-0.1, -0.05) is 45.9 Å². The molecule has 2 amide bonds. The molecule has 1 rings (SSSR count). The number of carbonyl (C=O) groups excluding carboxylic acids is 2. The highest BCUT2D eigenvalue weighted by molar-refractivity contribution is 5.99. The van der Waals surface area contributed by atoms with Crippen molar-refractivity contribution in [1.82, 2.24) is 4.90 Å². The molecule has 0 aliphatic rings. The zero-order valence-corrected chi connectivity index (χ0v) is 16.2. The number of likely N-dealkylation sites (N-methyl/N-ethyl adjacent to an activating group) is 1. The van der Waals surface area contributed by atoms with Crippen LogP contribution < -0.4 is 4.90 Å². The van der Waals surface area contributed by atoms with Crippen molar-refractivity contribution in [2.45, 2.75) is 60.3 Å². The summed E-state index contributed by atoms with van der Waals surface area (Å²) in [4.78, 5) is 28.4. The van der Waals surface area contributed by atoms with Crippen molar-refractivity contribution in [3.8, 4) is 0 Å². The molecule has 4 heteroatoms. The predicted molar refractivity (Wildman–Crippen MR) is 101 cm³/mol. The van der Waals surface area contributed by atoms with E-state index in [0.29, 0.717) is 13.1 Å². The van der Waals surface area contributed by atoms with E-state index in [9.17, 15) is 9.59 Å². The third kappa shape index (κ3) is 4.59. The highest BCUT2D eigenvalue weighted by atomic mass is 16.2. The molecule has 0 aliphatic carbocycles. The number of nitrogens with zero attached hydrogens (tertiary/aromatic N) is 2. The molecule has 0 atom stereocenters. The average Bonchev–Trinajstić information content (AvgIpc) is 2.52. The maximum atomic E-state index is 12.6. The first-order valence-electron chi connectivity index (χ1n) is 8.93. The predicted octanol–water partition coefficient (Wildman–Crippen LogP) is 4.15. The van der Waals surface area contributed by atoms with Gasteiger partial charge in [-0.3, -0.25) is 9.59 Å². The SMILES string of the molecule is CCN(CC)C(=O)CN(C(C)=O)c1c(C(C)C)cccc1C(C)C. The van der Waals surface area contributed by atoms with Crippen LogP contribution in [0, 0.1) is 0 Å². The molecular weight excluding hydrogens is 300 g/mol. The van der Waals surface area contributed by atoms with Gasteiger partial charge in [0, 0.05) is 20.0 Å². The smallest absolute Gasteiger partial charge is 0.242 e. The van der Waals surface area contributed by atoms with Gasteiger partial charge in [0.25, 0.3) is 0 Å². The van der Waals surface area contributed by atoms with Gasteiger partial charge in [0.15, 0.2) is 0 Å². The second-order valence-electron chi connectivity index (χ2n) is 6.77. The number of carbonyl (C=O) groups is 2. The largest absolute Gasteiger partial charge is 0.342 e. The van der Waals surface area contributed by atoms with Gasteiger partial charge in [-0.15, -0.1) is 0 Å². The molecule has 1 aromatic carbocycles. The van der Waals surface area contributed by atoms with Crippen molar-refractivity contribution >= 4 is 17.5 Å². The van der Waals surface area contributed by atoms with Crippen LogP contribution in [0.5, 0.6) is 0 Å². The first-order valence-corrected chi connectivity index (χ1v) is 8.93. The van der Waals surface area contributed by atoms with Crippen LogP contribution in [0.4, 0.5) is 5.69 Å². The molecule has 0 N–H and O–H groups in total. The van der Waals surface area contributed by atoms with Crippen molar-refractivity contribution in [2.24, 2.45) is 0 Å². The summed E-state index contributed by atoms with van der Waals surface area (Å²) in [6.07, 6.45) is 0. The van der Waals surface area contributed by atoms with Gasteiger partial charge in [0.1, 0.15) is 6.54 Å². The fourth-order valence-corrected chi connectivity index (χ4v) is 2.98. The fraction of sp³-hybridized carbons (Fsp3) is 0.600. The highest BCUT2D eigenvalue weighted by Gasteiger charge is 2.25. The quantitative estimate of drug-likeness (QED) is 0.752. The topological polar surface area (TPSA) is 40.6 Å². The lowest BCUT2D eigenvalue weighted by molar-refractivity contribution is -0.130. The second-order valence-corrected chi connectivity index (χ2v) is 6.77. The molecule has 0 heterocycles. The van der Waals surface area contributed by atoms with E-state index >= 15 is 0 Å². The van der Waals surface area contributed by atoms with Crippen LogP contribution in [0.2, 0.25) is 0 Å². The Balaban J connectivity index is 3.40. The molecule has 0 spiro atoms. The van der Waals surface area contributed by atoms with Gasteiger partial charge < -0.3 is 9.80 Å². The lowest BCUT2D eigenvalue weighted by atomic mass is 9.91. The van der Waals surface area contributed by atoms with Gasteiger partial charge in [0.2, 0.25) is 11.8 Å². The minimum atomic E-state index is -0.0921. The maximum Gasteiger partial charge on any atom is 0.242 e. The lowest BCUT2D eigenvalue weighted by Crippen LogP contribution is -2.43. The first kappa shape index (κ1) is 20.2. The molecule has 24 heavy (non-hydrogen) atoms. The standard InChI is InChI=1S/C20H32N2O2/c1-8-21(9-2)19(24)13-22(16(7)23)20-17(14(3)4)11-10-12-18(20)15(5)6/h10-12,14-15H,8-9,13H2,1-7H3. The molecule has 4 nitrogen and oxygen atoms in total. The Labute approximate surface area is 146 Å². The molecule has 0 saturated heterocycles. The summed E-state index contributed by atoms with van der Waals surface area (Å²) >= 11 is 0. The van der Waals surface area contributed by atoms with Crippen molar-refractivity contribution in [3.05, 3.63) is 29.3 Å². The normalized spacial score (nSPS) is 11.0. The zero-order chi connectivity index (χ0) is 18.4. The molecule has 1 aromatic rings. The van der Waals surface area contributed by atoms with E-state index in [4.69, 9.17) is 0 Å². The van der Waals surface area contributed by atoms with Crippen LogP contribution in [0.1, 0.15) is 71.4 Å². The molecule has 0 fully saturated rings. The summed E-state index contributed by atoms with van der Waals surface area (Å²) in [5.41, 5.74) is 3.14. The number of amides is 2. The van der Waals surface area contributed by atoms with Crippen molar-refractivity contribution in [1.29, 1.82) is 0 Å². The molecule has 0 aromatic heterocycles. The third-order valence-corrected chi connectivity index (χ3v) is 4.40. The summed E-state index contributed by atoms with van der Waals surface area (Å²) in [6.45, 7) is 15.3. The monoisotopic (exact) mass is 332 g/mol. The van der Waals surface area contributed by atoms with E-state index in [0.717, 1.165) is 16.8 Å². The Hall–Kier alpha value is -1.84. The molecule has 0 saturated carbocycles. The van der Waals surface area contributed by atoms with Gasteiger partial charge in [0.05, 0.1) is 5.69 Å². The molecular formula is C20H32N2O2. The number of rotatable bonds is 7. The van der Waals surface area contributed by atoms with E-state index < -0.39 is 0 Å². The Morgan fingerprint density at radius 3 is 1.75 bits per heavy atom. The number of hydrogen-bond donors (Lipinski definition) is 0. The zero-order valence-electron chi connectivity index (χ0n) is 16.2. The van der Waals surface area contributed by atoms with E-state index in [-0.39, 0.29) is 30.2 Å². The van der Waals surface area contributed by atoms with Crippen LogP contribution in [-0.2, 0) is 9.59 Å². The minimum Gasteiger partial charge on any atom is -0.342 e. The summed E-state index contributed by atoms with van der Waals surface area (Å²) < 4.78 is 0. The summed E-state index contributed by atoms with van der Waals surface area (Å²) in [6, 6.07) is 6.16. The summed E-state index contributed by atoms with van der Waals surface area (Å²) in [7, 11) is 0. The fourth-order valence-electron chi connectivity index (χ4n) is 2.98. The highest BCUT2D eigenvalue weighted by Crippen LogP contribution is 2.35. The van der Waals surface area contributed by atoms with Crippen LogP contribution >= 0.6 is 0 Å². The lowest BCUT2D eigenvalue weighted by Gasteiger charge is -2.30. The second kappa shape index (κ2) is 8.86. The first-order chi connectivity index (χ1) is 11.2. The van der Waals surface area contributed by atoms with E-state index in [1.165, 1.54) is 6.92 Å². The van der Waals surface area contributed by atoms with Crippen LogP contribution in [0.15, 0.2) is 18.2 Å². The molecule has 0 aliphatic heterocycles. The summed E-state index contributed by atoms with van der Waals surface area (Å²) in [5, 5.41) is 0. The van der Waals surface area contributed by atoms with Crippen LogP contribution in [-0.4, -0.2) is 36.3 Å². The van der Waals surface area contributed by atoms with E-state index in [1.54, 1.807) is 9.80 Å². The molecule has 0 radical (unpaired) electrons. The van der Waals surface area contributed by atoms with Gasteiger partial charge in [-0.2, -0.15) is 0 Å². The Kier molecular flexibility index (Phi) is 7.46. The number of hydrogen-bond acceptors (Lipinski definition) is 2. The number of anilines is 1. The van der Waals surface area contributed by atoms with Gasteiger partial charge >= 0.3 is 0 Å². The number of para-hydroxylation sites is 1. The Morgan fingerprint density at radius 2 is 1.42 bits per heavy atom. The van der Waals surface area contributed by atoms with E-state index in [2.05, 4.69) is 39.8 Å². The van der Waals surface area contributed by atoms with Crippen LogP contribution in [0.25, 0.3) is 0 Å². The summed E-state index contributed by atoms with van der Waals surface area (Å²) in [5.74, 6) is 0.460. The van der Waals surface area contributed by atoms with Gasteiger partial charge in [-0.25, -0.2) is 0 Å². The maximum absolute atomic E-state index is 12.6. The van der Waals surface area contributed by atoms with E-state index in [1.807, 2.05) is 19.9 Å². The van der Waals surface area contributed by atoms with Gasteiger partial charge in [-0.05, 0) is 36.8 Å². The minimum absolute atomic E-state index is 0.0107. The van der Waals surface area contributed by atoms with Crippen molar-refractivity contribution < 1.29 is 9.59 Å². The molecule has 0 unspecified atom stereocenters. The third-order valence-electron chi connectivity index (χ3n) is 4.40. The van der Waals surface area contributed by atoms with Crippen LogP contribution in [0.3, 0.4) is 0 Å². The Bertz CT molecular complexity index is 549.